The second kappa shape index (κ2) is 8.71. The smallest absolute Gasteiger partial charge is 0.227 e. The predicted molar refractivity (Wildman–Crippen MR) is 108 cm³/mol. The third kappa shape index (κ3) is 4.63. The van der Waals surface area contributed by atoms with E-state index in [9.17, 15) is 14.3 Å². The van der Waals surface area contributed by atoms with Gasteiger partial charge in [0.05, 0.1) is 31.2 Å². The first-order valence-electron chi connectivity index (χ1n) is 9.80. The van der Waals surface area contributed by atoms with E-state index in [-0.39, 0.29) is 24.5 Å². The molecular formula is C22H24FN3O3. The van der Waals surface area contributed by atoms with Gasteiger partial charge in [0.2, 0.25) is 5.91 Å². The van der Waals surface area contributed by atoms with Gasteiger partial charge in [-0.2, -0.15) is 0 Å². The molecule has 1 aromatic carbocycles. The Hall–Kier alpha value is -2.77. The average molecular weight is 397 g/mol. The van der Waals surface area contributed by atoms with E-state index in [0.717, 1.165) is 30.0 Å². The first-order chi connectivity index (χ1) is 14.1. The maximum atomic E-state index is 13.5. The zero-order valence-corrected chi connectivity index (χ0v) is 16.0. The Labute approximate surface area is 168 Å². The van der Waals surface area contributed by atoms with Crippen molar-refractivity contribution in [3.63, 3.8) is 0 Å². The van der Waals surface area contributed by atoms with E-state index >= 15 is 0 Å². The maximum absolute atomic E-state index is 13.5. The quantitative estimate of drug-likeness (QED) is 0.698. The number of halogens is 1. The summed E-state index contributed by atoms with van der Waals surface area (Å²) in [6, 6.07) is 7.50. The Morgan fingerprint density at radius 1 is 1.38 bits per heavy atom. The van der Waals surface area contributed by atoms with Crippen LogP contribution in [0.1, 0.15) is 29.2 Å². The Balaban J connectivity index is 1.43. The van der Waals surface area contributed by atoms with Crippen LogP contribution in [-0.4, -0.2) is 41.9 Å². The van der Waals surface area contributed by atoms with E-state index in [1.54, 1.807) is 18.3 Å². The predicted octanol–water partition coefficient (Wildman–Crippen LogP) is 2.46. The van der Waals surface area contributed by atoms with Crippen LogP contribution in [-0.2, 0) is 16.0 Å². The lowest BCUT2D eigenvalue weighted by Gasteiger charge is -2.23. The van der Waals surface area contributed by atoms with E-state index in [4.69, 9.17) is 4.74 Å². The number of hydrogen-bond donors (Lipinski definition) is 3. The molecule has 2 aliphatic rings. The zero-order valence-electron chi connectivity index (χ0n) is 16.0. The molecule has 152 valence electrons. The van der Waals surface area contributed by atoms with Crippen molar-refractivity contribution >= 4 is 17.8 Å². The second-order valence-electron chi connectivity index (χ2n) is 7.44. The highest BCUT2D eigenvalue weighted by Gasteiger charge is 2.24. The van der Waals surface area contributed by atoms with E-state index in [2.05, 4.69) is 15.6 Å². The van der Waals surface area contributed by atoms with E-state index < -0.39 is 11.9 Å². The average Bonchev–Trinajstić information content (AvgIpc) is 3.24. The van der Waals surface area contributed by atoms with Crippen molar-refractivity contribution in [1.82, 2.24) is 10.3 Å². The molecule has 2 heterocycles. The summed E-state index contributed by atoms with van der Waals surface area (Å²) in [7, 11) is 0. The van der Waals surface area contributed by atoms with Gasteiger partial charge < -0.3 is 20.5 Å². The van der Waals surface area contributed by atoms with Crippen molar-refractivity contribution in [2.24, 2.45) is 5.92 Å². The second-order valence-corrected chi connectivity index (χ2v) is 7.44. The molecule has 0 saturated carbocycles. The first kappa shape index (κ1) is 19.5. The number of pyridine rings is 1. The molecule has 0 bridgehead atoms. The molecule has 1 aliphatic heterocycles. The van der Waals surface area contributed by atoms with Crippen LogP contribution >= 0.6 is 0 Å². The highest BCUT2D eigenvalue weighted by Crippen LogP contribution is 2.26. The fraction of sp³-hybridized carbons (Fsp3) is 0.364. The summed E-state index contributed by atoms with van der Waals surface area (Å²) < 4.78 is 18.9. The van der Waals surface area contributed by atoms with Crippen LogP contribution in [0.2, 0.25) is 0 Å². The van der Waals surface area contributed by atoms with Gasteiger partial charge in [-0.1, -0.05) is 24.3 Å². The number of aliphatic hydroxyl groups excluding tert-OH is 1. The van der Waals surface area contributed by atoms with Crippen LogP contribution in [0.5, 0.6) is 0 Å². The SMILES string of the molecule is O=C(N[C@H](CO)c1cccc(F)c1)C1C=Cc2cnc(NC3CCOC3)cc2C1. The molecular weight excluding hydrogens is 373 g/mol. The van der Waals surface area contributed by atoms with E-state index in [1.165, 1.54) is 12.1 Å². The summed E-state index contributed by atoms with van der Waals surface area (Å²) in [6.45, 7) is 1.13. The highest BCUT2D eigenvalue weighted by molar-refractivity contribution is 5.83. The van der Waals surface area contributed by atoms with Crippen LogP contribution < -0.4 is 10.6 Å². The Morgan fingerprint density at radius 3 is 3.03 bits per heavy atom. The molecule has 1 aromatic heterocycles. The molecule has 1 amide bonds. The molecule has 1 saturated heterocycles. The van der Waals surface area contributed by atoms with Crippen LogP contribution in [0, 0.1) is 11.7 Å². The Bertz CT molecular complexity index is 912. The van der Waals surface area contributed by atoms with Gasteiger partial charge in [-0.25, -0.2) is 9.37 Å². The minimum atomic E-state index is -0.648. The van der Waals surface area contributed by atoms with Gasteiger partial charge in [0.1, 0.15) is 11.6 Å². The Kier molecular flexibility index (Phi) is 5.87. The third-order valence-electron chi connectivity index (χ3n) is 5.34. The van der Waals surface area contributed by atoms with Gasteiger partial charge in [0, 0.05) is 12.8 Å². The maximum Gasteiger partial charge on any atom is 0.227 e. The largest absolute Gasteiger partial charge is 0.394 e. The molecule has 0 spiro atoms. The number of aromatic nitrogens is 1. The molecule has 29 heavy (non-hydrogen) atoms. The van der Waals surface area contributed by atoms with Crippen LogP contribution in [0.3, 0.4) is 0 Å². The highest BCUT2D eigenvalue weighted by atomic mass is 19.1. The summed E-state index contributed by atoms with van der Waals surface area (Å²) in [6.07, 6.45) is 7.04. The number of hydrogen-bond acceptors (Lipinski definition) is 5. The molecule has 2 aromatic rings. The van der Waals surface area contributed by atoms with Crippen LogP contribution in [0.4, 0.5) is 10.2 Å². The lowest BCUT2D eigenvalue weighted by molar-refractivity contribution is -0.124. The number of benzene rings is 1. The van der Waals surface area contributed by atoms with Gasteiger partial charge in [-0.3, -0.25) is 4.79 Å². The summed E-state index contributed by atoms with van der Waals surface area (Å²) in [5.74, 6) is -0.190. The molecule has 3 N–H and O–H groups in total. The van der Waals surface area contributed by atoms with Gasteiger partial charge in [0.15, 0.2) is 0 Å². The molecule has 6 nitrogen and oxygen atoms in total. The molecule has 1 fully saturated rings. The molecule has 7 heteroatoms. The molecule has 3 atom stereocenters. The fourth-order valence-corrected chi connectivity index (χ4v) is 3.71. The topological polar surface area (TPSA) is 83.5 Å². The number of carbonyl (C=O) groups excluding carboxylic acids is 1. The van der Waals surface area contributed by atoms with Gasteiger partial charge >= 0.3 is 0 Å². The zero-order chi connectivity index (χ0) is 20.2. The van der Waals surface area contributed by atoms with Gasteiger partial charge in [-0.05, 0) is 47.7 Å². The van der Waals surface area contributed by atoms with Gasteiger partial charge in [-0.15, -0.1) is 0 Å². The van der Waals surface area contributed by atoms with Crippen molar-refractivity contribution < 1.29 is 19.0 Å². The number of aliphatic hydroxyl groups is 1. The Morgan fingerprint density at radius 2 is 2.28 bits per heavy atom. The van der Waals surface area contributed by atoms with Crippen molar-refractivity contribution in [1.29, 1.82) is 0 Å². The minimum absolute atomic E-state index is 0.203. The summed E-state index contributed by atoms with van der Waals surface area (Å²) in [5, 5.41) is 15.9. The number of rotatable bonds is 6. The number of carbonyl (C=O) groups is 1. The van der Waals surface area contributed by atoms with Crippen molar-refractivity contribution in [2.45, 2.75) is 24.9 Å². The van der Waals surface area contributed by atoms with E-state index in [1.807, 2.05) is 18.2 Å². The number of nitrogens with one attached hydrogen (secondary N) is 2. The van der Waals surface area contributed by atoms with E-state index in [0.29, 0.717) is 18.6 Å². The minimum Gasteiger partial charge on any atom is -0.394 e. The summed E-state index contributed by atoms with van der Waals surface area (Å²) in [4.78, 5) is 17.2. The third-order valence-corrected chi connectivity index (χ3v) is 5.34. The number of fused-ring (bicyclic) bond motifs is 1. The standard InChI is InChI=1S/C22H24FN3O3/c23-18-3-1-2-14(9-18)20(12-27)26-22(28)15-4-5-16-11-24-21(10-17(16)8-15)25-19-6-7-29-13-19/h1-5,9-11,15,19-20,27H,6-8,12-13H2,(H,24,25)(H,26,28)/t15?,19?,20-/m1/s1. The number of anilines is 1. The lowest BCUT2D eigenvalue weighted by Crippen LogP contribution is -2.36. The number of amides is 1. The monoisotopic (exact) mass is 397 g/mol. The normalized spacial score (nSPS) is 21.4. The summed E-state index contributed by atoms with van der Waals surface area (Å²) >= 11 is 0. The summed E-state index contributed by atoms with van der Waals surface area (Å²) in [5.41, 5.74) is 2.57. The molecule has 0 radical (unpaired) electrons. The molecule has 4 rings (SSSR count). The lowest BCUT2D eigenvalue weighted by atomic mass is 9.89. The number of nitrogens with zero attached hydrogens (tertiary/aromatic N) is 1. The van der Waals surface area contributed by atoms with Crippen molar-refractivity contribution in [2.75, 3.05) is 25.1 Å². The van der Waals surface area contributed by atoms with Gasteiger partial charge in [0.25, 0.3) is 0 Å². The first-order valence-corrected chi connectivity index (χ1v) is 9.80. The van der Waals surface area contributed by atoms with Crippen molar-refractivity contribution in [3.05, 3.63) is 65.1 Å². The fourth-order valence-electron chi connectivity index (χ4n) is 3.71. The number of ether oxygens (including phenoxy) is 1. The van der Waals surface area contributed by atoms with Crippen molar-refractivity contribution in [3.8, 4) is 0 Å². The van der Waals surface area contributed by atoms with Crippen LogP contribution in [0.15, 0.2) is 42.6 Å². The van der Waals surface area contributed by atoms with Crippen LogP contribution in [0.25, 0.3) is 6.08 Å². The molecule has 1 aliphatic carbocycles. The molecule has 2 unspecified atom stereocenters.